The monoisotopic (exact) mass is 333 g/mol. The molecule has 2 aliphatic rings. The molecule has 0 amide bonds. The van der Waals surface area contributed by atoms with Crippen molar-refractivity contribution in [2.24, 2.45) is 34.8 Å². The zero-order chi connectivity index (χ0) is 18.5. The van der Waals surface area contributed by atoms with Gasteiger partial charge in [-0.1, -0.05) is 58.4 Å². The van der Waals surface area contributed by atoms with Crippen LogP contribution in [0, 0.1) is 29.1 Å². The number of hydrogen-bond donors (Lipinski definition) is 1. The van der Waals surface area contributed by atoms with Crippen molar-refractivity contribution in [1.82, 2.24) is 0 Å². The topological polar surface area (TPSA) is 26.0 Å². The second-order valence-electron chi connectivity index (χ2n) is 8.81. The standard InChI is InChI=1S/C21H37N.C2H6/c1-7-17-9-8-14-21(6)18(12-13-19(17)21)15(2)10-11-16(3)20(4,5)22;1-2/h7,10-11,15-16,18-19H,8-9,12-14,22H2,1-6H3;1-2H3/b11-10+,17-7+;/t15-,16+,18?,19?,21?;/m1./s1. The highest BCUT2D eigenvalue weighted by Crippen LogP contribution is 2.59. The Kier molecular flexibility index (Phi) is 7.78. The van der Waals surface area contributed by atoms with E-state index in [9.17, 15) is 0 Å². The van der Waals surface area contributed by atoms with Gasteiger partial charge in [0.1, 0.15) is 0 Å². The van der Waals surface area contributed by atoms with Gasteiger partial charge in [0.25, 0.3) is 0 Å². The summed E-state index contributed by atoms with van der Waals surface area (Å²) in [5.41, 5.74) is 8.36. The third-order valence-corrected chi connectivity index (χ3v) is 6.92. The van der Waals surface area contributed by atoms with Crippen molar-refractivity contribution >= 4 is 0 Å². The minimum atomic E-state index is -0.124. The molecule has 0 radical (unpaired) electrons. The van der Waals surface area contributed by atoms with E-state index < -0.39 is 0 Å². The van der Waals surface area contributed by atoms with Gasteiger partial charge in [-0.2, -0.15) is 0 Å². The number of allylic oxidation sites excluding steroid dienone is 3. The van der Waals surface area contributed by atoms with E-state index in [1.165, 1.54) is 32.1 Å². The summed E-state index contributed by atoms with van der Waals surface area (Å²) in [4.78, 5) is 0. The second-order valence-corrected chi connectivity index (χ2v) is 8.81. The summed E-state index contributed by atoms with van der Waals surface area (Å²) in [6.07, 6.45) is 14.2. The van der Waals surface area contributed by atoms with Crippen LogP contribution in [0.4, 0.5) is 0 Å². The lowest BCUT2D eigenvalue weighted by Gasteiger charge is -2.44. The Morgan fingerprint density at radius 1 is 1.17 bits per heavy atom. The first kappa shape index (κ1) is 21.5. The van der Waals surface area contributed by atoms with Gasteiger partial charge in [0.15, 0.2) is 0 Å². The van der Waals surface area contributed by atoms with Crippen LogP contribution in [-0.4, -0.2) is 5.54 Å². The smallest absolute Gasteiger partial charge is 0.0157 e. The highest BCUT2D eigenvalue weighted by molar-refractivity contribution is 5.18. The average molecular weight is 334 g/mol. The molecule has 140 valence electrons. The van der Waals surface area contributed by atoms with Crippen LogP contribution in [0.2, 0.25) is 0 Å². The Hall–Kier alpha value is -0.560. The number of hydrogen-bond acceptors (Lipinski definition) is 1. The molecule has 0 spiro atoms. The molecule has 1 nitrogen and oxygen atoms in total. The summed E-state index contributed by atoms with van der Waals surface area (Å²) in [5.74, 6) is 2.76. The van der Waals surface area contributed by atoms with Gasteiger partial charge >= 0.3 is 0 Å². The molecule has 0 saturated heterocycles. The lowest BCUT2D eigenvalue weighted by Crippen LogP contribution is -2.38. The number of rotatable bonds is 4. The lowest BCUT2D eigenvalue weighted by molar-refractivity contribution is 0.112. The van der Waals surface area contributed by atoms with Gasteiger partial charge in [0.05, 0.1) is 0 Å². The first-order valence-electron chi connectivity index (χ1n) is 10.3. The Morgan fingerprint density at radius 2 is 1.79 bits per heavy atom. The van der Waals surface area contributed by atoms with Gasteiger partial charge in [-0.25, -0.2) is 0 Å². The molecule has 0 bridgehead atoms. The Morgan fingerprint density at radius 3 is 2.33 bits per heavy atom. The van der Waals surface area contributed by atoms with Crippen molar-refractivity contribution in [1.29, 1.82) is 0 Å². The molecule has 5 atom stereocenters. The molecule has 0 aliphatic heterocycles. The third-order valence-electron chi connectivity index (χ3n) is 6.92. The summed E-state index contributed by atoms with van der Waals surface area (Å²) in [5, 5.41) is 0. The maximum absolute atomic E-state index is 6.23. The van der Waals surface area contributed by atoms with E-state index in [1.807, 2.05) is 13.8 Å². The van der Waals surface area contributed by atoms with E-state index in [1.54, 1.807) is 5.57 Å². The van der Waals surface area contributed by atoms with Crippen molar-refractivity contribution in [3.8, 4) is 0 Å². The minimum absolute atomic E-state index is 0.124. The Bertz CT molecular complexity index is 439. The van der Waals surface area contributed by atoms with Crippen LogP contribution in [0.1, 0.15) is 87.5 Å². The normalized spacial score (nSPS) is 34.6. The van der Waals surface area contributed by atoms with E-state index in [0.29, 0.717) is 17.3 Å². The van der Waals surface area contributed by atoms with Crippen molar-refractivity contribution in [3.63, 3.8) is 0 Å². The third kappa shape index (κ3) is 4.54. The van der Waals surface area contributed by atoms with Crippen LogP contribution in [-0.2, 0) is 0 Å². The van der Waals surface area contributed by atoms with Crippen LogP contribution >= 0.6 is 0 Å². The fraction of sp³-hybridized carbons (Fsp3) is 0.826. The minimum Gasteiger partial charge on any atom is -0.325 e. The average Bonchev–Trinajstić information content (AvgIpc) is 2.90. The van der Waals surface area contributed by atoms with E-state index >= 15 is 0 Å². The molecular weight excluding hydrogens is 290 g/mol. The molecule has 24 heavy (non-hydrogen) atoms. The molecule has 2 fully saturated rings. The summed E-state index contributed by atoms with van der Waals surface area (Å²) < 4.78 is 0. The van der Waals surface area contributed by atoms with E-state index in [2.05, 4.69) is 59.8 Å². The van der Waals surface area contributed by atoms with Crippen LogP contribution in [0.5, 0.6) is 0 Å². The Balaban J connectivity index is 0.00000139. The summed E-state index contributed by atoms with van der Waals surface area (Å²) in [7, 11) is 0. The van der Waals surface area contributed by atoms with Gasteiger partial charge in [0.2, 0.25) is 0 Å². The summed E-state index contributed by atoms with van der Waals surface area (Å²) in [6.45, 7) is 17.7. The predicted molar refractivity (Wildman–Crippen MR) is 109 cm³/mol. The molecule has 0 aromatic carbocycles. The Labute approximate surface area is 152 Å². The van der Waals surface area contributed by atoms with Crippen molar-refractivity contribution in [3.05, 3.63) is 23.8 Å². The molecule has 2 rings (SSSR count). The molecule has 3 unspecified atom stereocenters. The van der Waals surface area contributed by atoms with Crippen LogP contribution in [0.3, 0.4) is 0 Å². The SMILES string of the molecule is C/C=C1\CCCC2(C)C1CCC2[C@H](C)/C=C/[C@H](C)C(C)(C)N.CC. The molecule has 2 N–H and O–H groups in total. The summed E-state index contributed by atoms with van der Waals surface area (Å²) >= 11 is 0. The first-order chi connectivity index (χ1) is 11.2. The van der Waals surface area contributed by atoms with E-state index in [0.717, 1.165) is 11.8 Å². The highest BCUT2D eigenvalue weighted by atomic mass is 14.7. The maximum atomic E-state index is 6.23. The molecule has 2 saturated carbocycles. The predicted octanol–water partition coefficient (Wildman–Crippen LogP) is 6.74. The van der Waals surface area contributed by atoms with Crippen LogP contribution < -0.4 is 5.73 Å². The molecule has 0 aromatic heterocycles. The van der Waals surface area contributed by atoms with Crippen molar-refractivity contribution in [2.45, 2.75) is 93.0 Å². The van der Waals surface area contributed by atoms with Crippen molar-refractivity contribution < 1.29 is 0 Å². The fourth-order valence-corrected chi connectivity index (χ4v) is 5.01. The molecule has 0 aromatic rings. The van der Waals surface area contributed by atoms with Crippen molar-refractivity contribution in [2.75, 3.05) is 0 Å². The zero-order valence-corrected chi connectivity index (χ0v) is 17.7. The van der Waals surface area contributed by atoms with E-state index in [4.69, 9.17) is 5.73 Å². The van der Waals surface area contributed by atoms with E-state index in [-0.39, 0.29) is 5.54 Å². The van der Waals surface area contributed by atoms with Gasteiger partial charge in [0, 0.05) is 5.54 Å². The van der Waals surface area contributed by atoms with Gasteiger partial charge in [-0.3, -0.25) is 0 Å². The van der Waals surface area contributed by atoms with Gasteiger partial charge in [-0.05, 0) is 82.0 Å². The van der Waals surface area contributed by atoms with Crippen LogP contribution in [0.15, 0.2) is 23.8 Å². The molecule has 0 heterocycles. The first-order valence-corrected chi connectivity index (χ1v) is 10.3. The second kappa shape index (κ2) is 8.70. The molecule has 1 heteroatoms. The molecular formula is C23H43N. The lowest BCUT2D eigenvalue weighted by atomic mass is 9.61. The number of nitrogens with two attached hydrogens (primary N) is 1. The summed E-state index contributed by atoms with van der Waals surface area (Å²) in [6, 6.07) is 0. The van der Waals surface area contributed by atoms with Gasteiger partial charge < -0.3 is 5.73 Å². The fourth-order valence-electron chi connectivity index (χ4n) is 5.01. The number of fused-ring (bicyclic) bond motifs is 1. The van der Waals surface area contributed by atoms with Gasteiger partial charge in [-0.15, -0.1) is 0 Å². The highest BCUT2D eigenvalue weighted by Gasteiger charge is 2.50. The quantitative estimate of drug-likeness (QED) is 0.566. The zero-order valence-electron chi connectivity index (χ0n) is 17.7. The molecule has 2 aliphatic carbocycles. The van der Waals surface area contributed by atoms with Crippen LogP contribution in [0.25, 0.3) is 0 Å². The largest absolute Gasteiger partial charge is 0.325 e. The maximum Gasteiger partial charge on any atom is 0.0157 e.